The Morgan fingerprint density at radius 3 is 2.61 bits per heavy atom. The van der Waals surface area contributed by atoms with Crippen molar-refractivity contribution >= 4 is 17.3 Å². The van der Waals surface area contributed by atoms with Gasteiger partial charge in [0.2, 0.25) is 5.91 Å². The van der Waals surface area contributed by atoms with Gasteiger partial charge in [0.25, 0.3) is 5.69 Å². The molecule has 0 spiro atoms. The third-order valence-electron chi connectivity index (χ3n) is 4.00. The second-order valence-electron chi connectivity index (χ2n) is 6.12. The SMILES string of the molecule is CCCN(CC1CC1)C(=O)CCCNc1ccc([N+](=O)[O-])cc1. The number of amides is 1. The lowest BCUT2D eigenvalue weighted by Gasteiger charge is -2.22. The van der Waals surface area contributed by atoms with Gasteiger partial charge in [0.05, 0.1) is 4.92 Å². The van der Waals surface area contributed by atoms with Crippen LogP contribution in [0.5, 0.6) is 0 Å². The first-order valence-corrected chi connectivity index (χ1v) is 8.36. The largest absolute Gasteiger partial charge is 0.385 e. The summed E-state index contributed by atoms with van der Waals surface area (Å²) < 4.78 is 0. The maximum absolute atomic E-state index is 12.3. The fraction of sp³-hybridized carbons (Fsp3) is 0.588. The van der Waals surface area contributed by atoms with Crippen LogP contribution in [-0.4, -0.2) is 35.4 Å². The van der Waals surface area contributed by atoms with Crippen molar-refractivity contribution in [2.45, 2.75) is 39.0 Å². The minimum absolute atomic E-state index is 0.0843. The Labute approximate surface area is 137 Å². The van der Waals surface area contributed by atoms with E-state index in [0.29, 0.717) is 13.0 Å². The van der Waals surface area contributed by atoms with Crippen LogP contribution >= 0.6 is 0 Å². The molecule has 0 atom stereocenters. The van der Waals surface area contributed by atoms with E-state index in [-0.39, 0.29) is 11.6 Å². The van der Waals surface area contributed by atoms with Crippen LogP contribution in [0.4, 0.5) is 11.4 Å². The van der Waals surface area contributed by atoms with Gasteiger partial charge in [0.1, 0.15) is 0 Å². The molecule has 6 heteroatoms. The Kier molecular flexibility index (Phi) is 6.38. The van der Waals surface area contributed by atoms with E-state index >= 15 is 0 Å². The number of nitro benzene ring substituents is 1. The zero-order valence-electron chi connectivity index (χ0n) is 13.7. The zero-order valence-corrected chi connectivity index (χ0v) is 13.7. The Hall–Kier alpha value is -2.11. The maximum Gasteiger partial charge on any atom is 0.269 e. The van der Waals surface area contributed by atoms with Crippen LogP contribution in [-0.2, 0) is 4.79 Å². The van der Waals surface area contributed by atoms with Crippen molar-refractivity contribution in [3.05, 3.63) is 34.4 Å². The van der Waals surface area contributed by atoms with E-state index in [0.717, 1.165) is 37.5 Å². The van der Waals surface area contributed by atoms with Gasteiger partial charge in [-0.3, -0.25) is 14.9 Å². The number of hydrogen-bond donors (Lipinski definition) is 1. The fourth-order valence-corrected chi connectivity index (χ4v) is 2.53. The summed E-state index contributed by atoms with van der Waals surface area (Å²) in [5.41, 5.74) is 0.924. The summed E-state index contributed by atoms with van der Waals surface area (Å²) in [6.45, 7) is 4.56. The number of rotatable bonds is 10. The number of nitro groups is 1. The summed E-state index contributed by atoms with van der Waals surface area (Å²) >= 11 is 0. The van der Waals surface area contributed by atoms with Crippen molar-refractivity contribution in [3.8, 4) is 0 Å². The molecule has 0 saturated heterocycles. The van der Waals surface area contributed by atoms with Gasteiger partial charge in [-0.25, -0.2) is 0 Å². The first-order valence-electron chi connectivity index (χ1n) is 8.36. The molecule has 0 radical (unpaired) electrons. The van der Waals surface area contributed by atoms with Crippen LogP contribution < -0.4 is 5.32 Å². The molecule has 0 aromatic heterocycles. The van der Waals surface area contributed by atoms with Crippen molar-refractivity contribution in [2.75, 3.05) is 25.0 Å². The molecule has 1 aliphatic rings. The van der Waals surface area contributed by atoms with E-state index in [1.165, 1.54) is 25.0 Å². The molecular formula is C17H25N3O3. The molecule has 0 bridgehead atoms. The lowest BCUT2D eigenvalue weighted by molar-refractivity contribution is -0.384. The topological polar surface area (TPSA) is 75.5 Å². The lowest BCUT2D eigenvalue weighted by Crippen LogP contribution is -2.33. The number of carbonyl (C=O) groups excluding carboxylic acids is 1. The van der Waals surface area contributed by atoms with E-state index in [1.807, 2.05) is 4.90 Å². The smallest absolute Gasteiger partial charge is 0.269 e. The number of carbonyl (C=O) groups is 1. The summed E-state index contributed by atoms with van der Waals surface area (Å²) in [4.78, 5) is 24.4. The highest BCUT2D eigenvalue weighted by Gasteiger charge is 2.25. The number of nitrogens with one attached hydrogen (secondary N) is 1. The number of hydrogen-bond acceptors (Lipinski definition) is 4. The summed E-state index contributed by atoms with van der Waals surface area (Å²) in [6, 6.07) is 6.34. The van der Waals surface area contributed by atoms with Gasteiger partial charge >= 0.3 is 0 Å². The van der Waals surface area contributed by atoms with Gasteiger partial charge in [0, 0.05) is 43.9 Å². The molecule has 1 aromatic rings. The average Bonchev–Trinajstić information content (AvgIpc) is 3.35. The first-order chi connectivity index (χ1) is 11.1. The molecule has 1 fully saturated rings. The molecular weight excluding hydrogens is 294 g/mol. The van der Waals surface area contributed by atoms with Crippen LogP contribution in [0.25, 0.3) is 0 Å². The predicted octanol–water partition coefficient (Wildman–Crippen LogP) is 3.44. The highest BCUT2D eigenvalue weighted by molar-refractivity contribution is 5.76. The Morgan fingerprint density at radius 1 is 1.35 bits per heavy atom. The monoisotopic (exact) mass is 319 g/mol. The Morgan fingerprint density at radius 2 is 2.04 bits per heavy atom. The molecule has 1 amide bonds. The number of nitrogens with zero attached hydrogens (tertiary/aromatic N) is 2. The van der Waals surface area contributed by atoms with Gasteiger partial charge in [0.15, 0.2) is 0 Å². The molecule has 1 aliphatic carbocycles. The van der Waals surface area contributed by atoms with Crippen molar-refractivity contribution in [3.63, 3.8) is 0 Å². The lowest BCUT2D eigenvalue weighted by atomic mass is 10.2. The maximum atomic E-state index is 12.3. The molecule has 126 valence electrons. The Bertz CT molecular complexity index is 526. The molecule has 2 rings (SSSR count). The standard InChI is InChI=1S/C17H25N3O3/c1-2-12-19(13-14-5-6-14)17(21)4-3-11-18-15-7-9-16(10-8-15)20(22)23/h7-10,14,18H,2-6,11-13H2,1H3. The second-order valence-corrected chi connectivity index (χ2v) is 6.12. The van der Waals surface area contributed by atoms with Gasteiger partial charge in [-0.05, 0) is 43.7 Å². The zero-order chi connectivity index (χ0) is 16.7. The molecule has 1 aromatic carbocycles. The van der Waals surface area contributed by atoms with Crippen molar-refractivity contribution in [1.82, 2.24) is 4.90 Å². The highest BCUT2D eigenvalue weighted by Crippen LogP contribution is 2.30. The summed E-state index contributed by atoms with van der Waals surface area (Å²) in [5.74, 6) is 0.966. The van der Waals surface area contributed by atoms with Gasteiger partial charge < -0.3 is 10.2 Å². The quantitative estimate of drug-likeness (QED) is 0.407. The summed E-state index contributed by atoms with van der Waals surface area (Å²) in [5, 5.41) is 13.8. The van der Waals surface area contributed by atoms with Crippen molar-refractivity contribution in [2.24, 2.45) is 5.92 Å². The number of anilines is 1. The third-order valence-corrected chi connectivity index (χ3v) is 4.00. The first kappa shape index (κ1) is 17.2. The van der Waals surface area contributed by atoms with Crippen LogP contribution in [0.2, 0.25) is 0 Å². The van der Waals surface area contributed by atoms with Crippen molar-refractivity contribution < 1.29 is 9.72 Å². The number of benzene rings is 1. The average molecular weight is 319 g/mol. The third kappa shape index (κ3) is 5.88. The predicted molar refractivity (Wildman–Crippen MR) is 90.4 cm³/mol. The van der Waals surface area contributed by atoms with E-state index in [1.54, 1.807) is 12.1 Å². The fourth-order valence-electron chi connectivity index (χ4n) is 2.53. The number of non-ortho nitro benzene ring substituents is 1. The van der Waals surface area contributed by atoms with Gasteiger partial charge in [-0.2, -0.15) is 0 Å². The normalized spacial score (nSPS) is 13.6. The molecule has 23 heavy (non-hydrogen) atoms. The van der Waals surface area contributed by atoms with E-state index in [4.69, 9.17) is 0 Å². The van der Waals surface area contributed by atoms with Crippen molar-refractivity contribution in [1.29, 1.82) is 0 Å². The molecule has 0 aliphatic heterocycles. The van der Waals surface area contributed by atoms with Crippen LogP contribution in [0.3, 0.4) is 0 Å². The van der Waals surface area contributed by atoms with E-state index in [9.17, 15) is 14.9 Å². The van der Waals surface area contributed by atoms with Crippen LogP contribution in [0.15, 0.2) is 24.3 Å². The molecule has 1 N–H and O–H groups in total. The molecule has 0 heterocycles. The van der Waals surface area contributed by atoms with Gasteiger partial charge in [-0.1, -0.05) is 6.92 Å². The minimum Gasteiger partial charge on any atom is -0.385 e. The van der Waals surface area contributed by atoms with E-state index in [2.05, 4.69) is 12.2 Å². The van der Waals surface area contributed by atoms with Crippen LogP contribution in [0, 0.1) is 16.0 Å². The van der Waals surface area contributed by atoms with Gasteiger partial charge in [-0.15, -0.1) is 0 Å². The summed E-state index contributed by atoms with van der Waals surface area (Å²) in [6.07, 6.45) is 4.83. The molecule has 1 saturated carbocycles. The molecule has 6 nitrogen and oxygen atoms in total. The summed E-state index contributed by atoms with van der Waals surface area (Å²) in [7, 11) is 0. The second kappa shape index (κ2) is 8.50. The van der Waals surface area contributed by atoms with E-state index < -0.39 is 4.92 Å². The minimum atomic E-state index is -0.412. The highest BCUT2D eigenvalue weighted by atomic mass is 16.6. The van der Waals surface area contributed by atoms with Crippen LogP contribution in [0.1, 0.15) is 39.0 Å². The molecule has 0 unspecified atom stereocenters. The Balaban J connectivity index is 1.68.